The third-order valence-corrected chi connectivity index (χ3v) is 4.25. The van der Waals surface area contributed by atoms with Gasteiger partial charge in [-0.05, 0) is 38.0 Å². The van der Waals surface area contributed by atoms with E-state index >= 15 is 0 Å². The highest BCUT2D eigenvalue weighted by Crippen LogP contribution is 2.18. The van der Waals surface area contributed by atoms with Crippen molar-refractivity contribution >= 4 is 33.8 Å². The van der Waals surface area contributed by atoms with Crippen LogP contribution in [0.3, 0.4) is 0 Å². The summed E-state index contributed by atoms with van der Waals surface area (Å²) in [6, 6.07) is 6.53. The molecule has 0 bridgehead atoms. The molecule has 1 fully saturated rings. The van der Waals surface area contributed by atoms with E-state index in [1.807, 2.05) is 6.07 Å². The van der Waals surface area contributed by atoms with Crippen LogP contribution in [0.1, 0.15) is 32.6 Å². The Morgan fingerprint density at radius 1 is 1.28 bits per heavy atom. The highest BCUT2D eigenvalue weighted by Gasteiger charge is 2.22. The molecule has 7 nitrogen and oxygen atoms in total. The number of nitrogens with one attached hydrogen (secondary N) is 2. The van der Waals surface area contributed by atoms with E-state index in [0.29, 0.717) is 5.75 Å². The van der Waals surface area contributed by atoms with Crippen LogP contribution in [0.5, 0.6) is 5.75 Å². The van der Waals surface area contributed by atoms with E-state index in [4.69, 9.17) is 9.47 Å². The minimum absolute atomic E-state index is 0.101. The van der Waals surface area contributed by atoms with Crippen molar-refractivity contribution in [2.24, 2.45) is 0 Å². The van der Waals surface area contributed by atoms with Crippen molar-refractivity contribution in [2.75, 3.05) is 6.61 Å². The molecule has 2 rings (SSSR count). The first-order valence-corrected chi connectivity index (χ1v) is 8.92. The molecule has 1 aromatic rings. The summed E-state index contributed by atoms with van der Waals surface area (Å²) >= 11 is 3.30. The second-order valence-corrected chi connectivity index (χ2v) is 6.74. The molecule has 0 spiro atoms. The van der Waals surface area contributed by atoms with Gasteiger partial charge in [-0.3, -0.25) is 10.1 Å². The van der Waals surface area contributed by atoms with Crippen molar-refractivity contribution in [1.82, 2.24) is 10.6 Å². The zero-order valence-corrected chi connectivity index (χ0v) is 15.5. The fourth-order valence-electron chi connectivity index (χ4n) is 2.49. The summed E-state index contributed by atoms with van der Waals surface area (Å²) < 4.78 is 11.1. The molecule has 8 heteroatoms. The van der Waals surface area contributed by atoms with Gasteiger partial charge in [0.15, 0.2) is 12.7 Å². The quantitative estimate of drug-likeness (QED) is 0.700. The summed E-state index contributed by atoms with van der Waals surface area (Å²) in [5.41, 5.74) is 0. The first-order valence-electron chi connectivity index (χ1n) is 8.13. The minimum atomic E-state index is -1.09. The van der Waals surface area contributed by atoms with Gasteiger partial charge in [0.25, 0.3) is 5.91 Å². The third kappa shape index (κ3) is 6.74. The van der Waals surface area contributed by atoms with E-state index in [9.17, 15) is 14.4 Å². The topological polar surface area (TPSA) is 93.7 Å². The Balaban J connectivity index is 1.70. The van der Waals surface area contributed by atoms with E-state index in [0.717, 1.165) is 30.2 Å². The van der Waals surface area contributed by atoms with E-state index in [-0.39, 0.29) is 12.6 Å². The molecule has 0 saturated heterocycles. The molecular weight excluding hydrogens is 392 g/mol. The summed E-state index contributed by atoms with van der Waals surface area (Å²) in [5.74, 6) is -0.871. The number of halogens is 1. The van der Waals surface area contributed by atoms with Gasteiger partial charge in [0.05, 0.1) is 0 Å². The van der Waals surface area contributed by atoms with Gasteiger partial charge in [-0.25, -0.2) is 9.59 Å². The van der Waals surface area contributed by atoms with Crippen LogP contribution in [0.4, 0.5) is 4.79 Å². The molecule has 1 aliphatic rings. The Hall–Kier alpha value is -2.09. The number of amides is 3. The summed E-state index contributed by atoms with van der Waals surface area (Å²) in [5, 5.41) is 4.91. The molecule has 0 heterocycles. The Bertz CT molecular complexity index is 631. The van der Waals surface area contributed by atoms with Gasteiger partial charge >= 0.3 is 12.0 Å². The van der Waals surface area contributed by atoms with Crippen LogP contribution in [0.25, 0.3) is 0 Å². The fraction of sp³-hybridized carbons (Fsp3) is 0.471. The SMILES string of the molecule is C[C@@H](OC(=O)COc1cccc(Br)c1)C(=O)NC(=O)NC1CCCC1. The van der Waals surface area contributed by atoms with Crippen molar-refractivity contribution in [3.05, 3.63) is 28.7 Å². The summed E-state index contributed by atoms with van der Waals surface area (Å²) in [4.78, 5) is 35.4. The number of benzene rings is 1. The number of imide groups is 1. The lowest BCUT2D eigenvalue weighted by atomic mass is 10.2. The lowest BCUT2D eigenvalue weighted by molar-refractivity contribution is -0.156. The molecule has 1 atom stereocenters. The highest BCUT2D eigenvalue weighted by molar-refractivity contribution is 9.10. The predicted molar refractivity (Wildman–Crippen MR) is 94.1 cm³/mol. The van der Waals surface area contributed by atoms with Gasteiger partial charge in [-0.2, -0.15) is 0 Å². The lowest BCUT2D eigenvalue weighted by Gasteiger charge is -2.15. The summed E-state index contributed by atoms with van der Waals surface area (Å²) in [7, 11) is 0. The van der Waals surface area contributed by atoms with Crippen LogP contribution in [0.2, 0.25) is 0 Å². The molecule has 0 unspecified atom stereocenters. The molecule has 1 saturated carbocycles. The van der Waals surface area contributed by atoms with Crippen molar-refractivity contribution in [3.8, 4) is 5.75 Å². The van der Waals surface area contributed by atoms with E-state index in [1.54, 1.807) is 18.2 Å². The maximum absolute atomic E-state index is 11.9. The van der Waals surface area contributed by atoms with Crippen LogP contribution in [-0.4, -0.2) is 36.7 Å². The van der Waals surface area contributed by atoms with Crippen LogP contribution in [0.15, 0.2) is 28.7 Å². The van der Waals surface area contributed by atoms with Gasteiger partial charge in [0.2, 0.25) is 0 Å². The number of esters is 1. The molecular formula is C17H21BrN2O5. The first kappa shape index (κ1) is 19.2. The molecule has 136 valence electrons. The molecule has 0 aliphatic heterocycles. The first-order chi connectivity index (χ1) is 11.9. The lowest BCUT2D eigenvalue weighted by Crippen LogP contribution is -2.47. The second kappa shape index (κ2) is 9.41. The number of urea groups is 1. The Labute approximate surface area is 154 Å². The van der Waals surface area contributed by atoms with E-state index in [2.05, 4.69) is 26.6 Å². The van der Waals surface area contributed by atoms with Crippen LogP contribution in [-0.2, 0) is 14.3 Å². The standard InChI is InChI=1S/C17H21BrN2O5/c1-11(16(22)20-17(23)19-13-6-2-3-7-13)25-15(21)10-24-14-8-4-5-12(18)9-14/h4-5,8-9,11,13H,2-3,6-7,10H2,1H3,(H2,19,20,22,23)/t11-/m1/s1. The van der Waals surface area contributed by atoms with Gasteiger partial charge in [0, 0.05) is 10.5 Å². The maximum Gasteiger partial charge on any atom is 0.344 e. The zero-order valence-electron chi connectivity index (χ0n) is 13.9. The number of hydrogen-bond acceptors (Lipinski definition) is 5. The second-order valence-electron chi connectivity index (χ2n) is 5.82. The van der Waals surface area contributed by atoms with Crippen LogP contribution in [0, 0.1) is 0 Å². The van der Waals surface area contributed by atoms with Crippen molar-refractivity contribution < 1.29 is 23.9 Å². The summed E-state index contributed by atoms with van der Waals surface area (Å²) in [6.07, 6.45) is 2.89. The molecule has 2 N–H and O–H groups in total. The average molecular weight is 413 g/mol. The number of ether oxygens (including phenoxy) is 2. The average Bonchev–Trinajstić information content (AvgIpc) is 3.05. The Morgan fingerprint density at radius 3 is 2.68 bits per heavy atom. The normalized spacial score (nSPS) is 15.3. The smallest absolute Gasteiger partial charge is 0.344 e. The molecule has 3 amide bonds. The van der Waals surface area contributed by atoms with Crippen molar-refractivity contribution in [3.63, 3.8) is 0 Å². The number of carbonyl (C=O) groups excluding carboxylic acids is 3. The van der Waals surface area contributed by atoms with Crippen LogP contribution >= 0.6 is 15.9 Å². The predicted octanol–water partition coefficient (Wildman–Crippen LogP) is 2.53. The van der Waals surface area contributed by atoms with Gasteiger partial charge in [-0.1, -0.05) is 34.8 Å². The Kier molecular flexibility index (Phi) is 7.24. The minimum Gasteiger partial charge on any atom is -0.482 e. The van der Waals surface area contributed by atoms with Crippen LogP contribution < -0.4 is 15.4 Å². The van der Waals surface area contributed by atoms with Crippen molar-refractivity contribution in [1.29, 1.82) is 0 Å². The molecule has 1 aliphatic carbocycles. The largest absolute Gasteiger partial charge is 0.482 e. The third-order valence-electron chi connectivity index (χ3n) is 3.76. The molecule has 25 heavy (non-hydrogen) atoms. The number of carbonyl (C=O) groups is 3. The van der Waals surface area contributed by atoms with Gasteiger partial charge in [0.1, 0.15) is 5.75 Å². The number of hydrogen-bond donors (Lipinski definition) is 2. The Morgan fingerprint density at radius 2 is 2.00 bits per heavy atom. The molecule has 1 aromatic carbocycles. The highest BCUT2D eigenvalue weighted by atomic mass is 79.9. The maximum atomic E-state index is 11.9. The monoisotopic (exact) mass is 412 g/mol. The van der Waals surface area contributed by atoms with Crippen molar-refractivity contribution in [2.45, 2.75) is 44.8 Å². The van der Waals surface area contributed by atoms with E-state index < -0.39 is 24.0 Å². The number of rotatable bonds is 6. The van der Waals surface area contributed by atoms with Gasteiger partial charge < -0.3 is 14.8 Å². The molecule has 0 aromatic heterocycles. The molecule has 0 radical (unpaired) electrons. The van der Waals surface area contributed by atoms with Gasteiger partial charge in [-0.15, -0.1) is 0 Å². The fourth-order valence-corrected chi connectivity index (χ4v) is 2.87. The summed E-state index contributed by atoms with van der Waals surface area (Å²) in [6.45, 7) is 1.07. The van der Waals surface area contributed by atoms with E-state index in [1.165, 1.54) is 6.92 Å². The zero-order chi connectivity index (χ0) is 18.2.